The zero-order valence-electron chi connectivity index (χ0n) is 28.4. The van der Waals surface area contributed by atoms with Crippen LogP contribution in [-0.2, 0) is 17.9 Å². The third-order valence-corrected chi connectivity index (χ3v) is 10.4. The van der Waals surface area contributed by atoms with Gasteiger partial charge in [-0.3, -0.25) is 19.6 Å². The molecule has 2 saturated heterocycles. The summed E-state index contributed by atoms with van der Waals surface area (Å²) < 4.78 is 0. The van der Waals surface area contributed by atoms with Gasteiger partial charge in [0.05, 0.1) is 17.7 Å². The van der Waals surface area contributed by atoms with Crippen LogP contribution in [-0.4, -0.2) is 78.2 Å². The minimum Gasteiger partial charge on any atom is -0.481 e. The Labute approximate surface area is 290 Å². The summed E-state index contributed by atoms with van der Waals surface area (Å²) >= 11 is 0. The number of carbonyl (C=O) groups is 1. The van der Waals surface area contributed by atoms with Crippen LogP contribution in [0.25, 0.3) is 44.3 Å². The van der Waals surface area contributed by atoms with Gasteiger partial charge in [0, 0.05) is 72.8 Å². The van der Waals surface area contributed by atoms with E-state index in [-0.39, 0.29) is 12.0 Å². The fourth-order valence-corrected chi connectivity index (χ4v) is 7.59. The molecule has 0 unspecified atom stereocenters. The largest absolute Gasteiger partial charge is 0.481 e. The summed E-state index contributed by atoms with van der Waals surface area (Å²) in [6.07, 6.45) is 5.01. The number of pyridine rings is 3. The second kappa shape index (κ2) is 13.3. The Balaban J connectivity index is 1.04. The van der Waals surface area contributed by atoms with E-state index in [1.165, 1.54) is 5.56 Å². The number of rotatable bonds is 9. The molecule has 2 atom stereocenters. The number of nitrogens with one attached hydrogen (secondary N) is 2. The number of hydrogen-bond acceptors (Lipinski definition) is 8. The second-order valence-corrected chi connectivity index (χ2v) is 13.8. The lowest BCUT2D eigenvalue weighted by atomic mass is 9.92. The fraction of sp³-hybridized carbons (Fsp3) is 0.300. The molecular weight excluding hydrogens is 626 g/mol. The zero-order valence-corrected chi connectivity index (χ0v) is 28.4. The van der Waals surface area contributed by atoms with Gasteiger partial charge in [-0.2, -0.15) is 0 Å². The molecular formula is C40H41N7O3. The number of hydrogen-bond donors (Lipinski definition) is 4. The highest BCUT2D eigenvalue weighted by Gasteiger charge is 2.28. The van der Waals surface area contributed by atoms with Crippen LogP contribution in [0.15, 0.2) is 79.1 Å². The number of aromatic nitrogens is 4. The molecule has 10 nitrogen and oxygen atoms in total. The number of aliphatic carboxylic acids is 1. The van der Waals surface area contributed by atoms with E-state index < -0.39 is 5.97 Å². The Kier molecular flexibility index (Phi) is 8.52. The molecule has 8 rings (SSSR count). The number of aliphatic hydroxyl groups excluding tert-OH is 1. The first-order chi connectivity index (χ1) is 24.3. The number of fused-ring (bicyclic) bond motifs is 2. The molecule has 2 fully saturated rings. The maximum absolute atomic E-state index is 11.4. The van der Waals surface area contributed by atoms with Gasteiger partial charge in [0.25, 0.3) is 0 Å². The van der Waals surface area contributed by atoms with Crippen LogP contribution in [0.5, 0.6) is 0 Å². The van der Waals surface area contributed by atoms with Crippen molar-refractivity contribution in [3.8, 4) is 22.4 Å². The standard InChI is InChI=1S/C40H41N7O3/c1-24-32(5-3-7-34(24)36-18-28-9-10-30(43-38(28)45-36)22-47-15-12-29(21-47)40(49)50)33-6-4-8-35(25(33)2)44-39-37-27(11-14-41-39)17-26(19-42-37)20-46-16-13-31(48)23-46/h3-11,14,17-19,29,31,48H,12-13,15-16,20-23H2,1-2H3,(H,41,44)(H,43,45)(H,49,50)/t29-,31-/m1/s1. The van der Waals surface area contributed by atoms with E-state index in [1.54, 1.807) is 0 Å². The van der Waals surface area contributed by atoms with E-state index in [0.717, 1.165) is 92.9 Å². The number of H-pyrrole nitrogens is 1. The average Bonchev–Trinajstić information content (AvgIpc) is 3.86. The van der Waals surface area contributed by atoms with Crippen LogP contribution in [0.2, 0.25) is 0 Å². The Hall–Kier alpha value is -5.16. The number of carboxylic acid groups (broad SMARTS) is 1. The van der Waals surface area contributed by atoms with Gasteiger partial charge < -0.3 is 20.5 Å². The van der Waals surface area contributed by atoms with Gasteiger partial charge >= 0.3 is 5.97 Å². The van der Waals surface area contributed by atoms with E-state index in [4.69, 9.17) is 9.97 Å². The number of likely N-dealkylation sites (tertiary alicyclic amines) is 2. The van der Waals surface area contributed by atoms with Crippen molar-refractivity contribution in [1.29, 1.82) is 0 Å². The van der Waals surface area contributed by atoms with Gasteiger partial charge in [0.1, 0.15) is 11.2 Å². The molecule has 2 aromatic carbocycles. The topological polar surface area (TPSA) is 130 Å². The predicted molar refractivity (Wildman–Crippen MR) is 196 cm³/mol. The highest BCUT2D eigenvalue weighted by molar-refractivity contribution is 5.91. The lowest BCUT2D eigenvalue weighted by molar-refractivity contribution is -0.141. The van der Waals surface area contributed by atoms with Crippen molar-refractivity contribution < 1.29 is 15.0 Å². The molecule has 0 spiro atoms. The van der Waals surface area contributed by atoms with Crippen LogP contribution < -0.4 is 5.32 Å². The van der Waals surface area contributed by atoms with Gasteiger partial charge in [-0.15, -0.1) is 0 Å². The molecule has 4 N–H and O–H groups in total. The number of aromatic amines is 1. The SMILES string of the molecule is Cc1c(Nc2nccc3cc(CN4CC[C@@H](O)C4)cnc23)cccc1-c1cccc(-c2cc3ccc(CN4CC[C@@H](C(=O)O)C4)nc3[nH]2)c1C. The zero-order chi connectivity index (χ0) is 34.4. The monoisotopic (exact) mass is 667 g/mol. The molecule has 4 aromatic heterocycles. The molecule has 0 aliphatic carbocycles. The average molecular weight is 668 g/mol. The molecule has 2 aliphatic heterocycles. The van der Waals surface area contributed by atoms with Gasteiger partial charge in [0.15, 0.2) is 5.82 Å². The summed E-state index contributed by atoms with van der Waals surface area (Å²) in [7, 11) is 0. The van der Waals surface area contributed by atoms with Crippen molar-refractivity contribution in [1.82, 2.24) is 29.7 Å². The molecule has 6 aromatic rings. The third-order valence-electron chi connectivity index (χ3n) is 10.4. The molecule has 254 valence electrons. The maximum Gasteiger partial charge on any atom is 0.307 e. The smallest absolute Gasteiger partial charge is 0.307 e. The van der Waals surface area contributed by atoms with Gasteiger partial charge in [0.2, 0.25) is 0 Å². The lowest BCUT2D eigenvalue weighted by Gasteiger charge is -2.17. The molecule has 0 amide bonds. The minimum atomic E-state index is -0.717. The summed E-state index contributed by atoms with van der Waals surface area (Å²) in [6.45, 7) is 8.66. The van der Waals surface area contributed by atoms with Crippen molar-refractivity contribution in [3.05, 3.63) is 102 Å². The Bertz CT molecular complexity index is 2230. The van der Waals surface area contributed by atoms with Gasteiger partial charge in [-0.25, -0.2) is 9.97 Å². The number of benzene rings is 2. The van der Waals surface area contributed by atoms with E-state index in [0.29, 0.717) is 31.9 Å². The Morgan fingerprint density at radius 1 is 0.880 bits per heavy atom. The van der Waals surface area contributed by atoms with Crippen LogP contribution in [0.1, 0.15) is 35.2 Å². The first-order valence-corrected chi connectivity index (χ1v) is 17.3. The van der Waals surface area contributed by atoms with E-state index in [9.17, 15) is 15.0 Å². The summed E-state index contributed by atoms with van der Waals surface area (Å²) in [4.78, 5) is 33.8. The minimum absolute atomic E-state index is 0.239. The first-order valence-electron chi connectivity index (χ1n) is 17.3. The van der Waals surface area contributed by atoms with Crippen LogP contribution in [0, 0.1) is 19.8 Å². The highest BCUT2D eigenvalue weighted by Crippen LogP contribution is 2.37. The van der Waals surface area contributed by atoms with Gasteiger partial charge in [-0.1, -0.05) is 30.3 Å². The Morgan fingerprint density at radius 3 is 2.46 bits per heavy atom. The summed E-state index contributed by atoms with van der Waals surface area (Å²) in [5.74, 6) is -0.299. The number of aliphatic hydroxyl groups is 1. The number of β-amino-alcohol motifs (C(OH)–C–C–N with tert-alkyl or cyclic N) is 1. The molecule has 0 saturated carbocycles. The predicted octanol–water partition coefficient (Wildman–Crippen LogP) is 6.67. The highest BCUT2D eigenvalue weighted by atomic mass is 16.4. The van der Waals surface area contributed by atoms with Crippen molar-refractivity contribution in [2.24, 2.45) is 5.92 Å². The normalized spacial score (nSPS) is 18.4. The lowest BCUT2D eigenvalue weighted by Crippen LogP contribution is -2.23. The Morgan fingerprint density at radius 2 is 1.66 bits per heavy atom. The molecule has 2 aliphatic rings. The quantitative estimate of drug-likeness (QED) is 0.134. The van der Waals surface area contributed by atoms with Crippen molar-refractivity contribution in [3.63, 3.8) is 0 Å². The van der Waals surface area contributed by atoms with Crippen molar-refractivity contribution in [2.45, 2.75) is 45.9 Å². The van der Waals surface area contributed by atoms with Crippen LogP contribution >= 0.6 is 0 Å². The van der Waals surface area contributed by atoms with E-state index in [2.05, 4.69) is 93.5 Å². The molecule has 0 bridgehead atoms. The number of anilines is 2. The van der Waals surface area contributed by atoms with E-state index >= 15 is 0 Å². The van der Waals surface area contributed by atoms with Gasteiger partial charge in [-0.05, 0) is 97.4 Å². The molecule has 50 heavy (non-hydrogen) atoms. The van der Waals surface area contributed by atoms with Crippen molar-refractivity contribution >= 4 is 39.4 Å². The fourth-order valence-electron chi connectivity index (χ4n) is 7.59. The summed E-state index contributed by atoms with van der Waals surface area (Å²) in [6, 6.07) is 23.2. The molecule has 10 heteroatoms. The molecule has 0 radical (unpaired) electrons. The first kappa shape index (κ1) is 32.1. The van der Waals surface area contributed by atoms with Crippen molar-refractivity contribution in [2.75, 3.05) is 31.5 Å². The van der Waals surface area contributed by atoms with Crippen LogP contribution in [0.3, 0.4) is 0 Å². The summed E-state index contributed by atoms with van der Waals surface area (Å²) in [5, 5.41) is 24.9. The number of nitrogens with zero attached hydrogens (tertiary/aromatic N) is 5. The van der Waals surface area contributed by atoms with Crippen LogP contribution in [0.4, 0.5) is 11.5 Å². The molecule has 6 heterocycles. The third kappa shape index (κ3) is 6.33. The number of carboxylic acids is 1. The summed E-state index contributed by atoms with van der Waals surface area (Å²) in [5.41, 5.74) is 11.4. The van der Waals surface area contributed by atoms with E-state index in [1.807, 2.05) is 24.5 Å². The second-order valence-electron chi connectivity index (χ2n) is 13.8. The maximum atomic E-state index is 11.4.